The van der Waals surface area contributed by atoms with Gasteiger partial charge in [0.2, 0.25) is 0 Å². The molecule has 0 saturated heterocycles. The molecule has 80 valence electrons. The summed E-state index contributed by atoms with van der Waals surface area (Å²) >= 11 is 7.68. The van der Waals surface area contributed by atoms with Crippen molar-refractivity contribution in [3.8, 4) is 0 Å². The lowest BCUT2D eigenvalue weighted by atomic mass is 9.99. The van der Waals surface area contributed by atoms with Gasteiger partial charge in [0.05, 0.1) is 0 Å². The first-order chi connectivity index (χ1) is 7.24. The molecular weight excluding hydrogens is 228 g/mol. The van der Waals surface area contributed by atoms with E-state index in [1.165, 1.54) is 4.90 Å². The minimum Gasteiger partial charge on any atom is -0.300 e. The summed E-state index contributed by atoms with van der Waals surface area (Å²) in [6.45, 7) is 0. The summed E-state index contributed by atoms with van der Waals surface area (Å²) in [5.41, 5.74) is 0. The molecule has 1 aliphatic rings. The first kappa shape index (κ1) is 11.0. The van der Waals surface area contributed by atoms with Crippen molar-refractivity contribution in [2.75, 3.05) is 0 Å². The number of thioether (sulfide) groups is 1. The van der Waals surface area contributed by atoms with Crippen LogP contribution in [-0.4, -0.2) is 11.0 Å². The van der Waals surface area contributed by atoms with Crippen molar-refractivity contribution >= 4 is 29.1 Å². The van der Waals surface area contributed by atoms with Crippen LogP contribution >= 0.6 is 23.4 Å². The molecule has 0 bridgehead atoms. The molecule has 1 fully saturated rings. The average Bonchev–Trinajstić information content (AvgIpc) is 2.25. The molecule has 0 spiro atoms. The Labute approximate surface area is 99.2 Å². The standard InChI is InChI=1S/C12H13ClOS/c13-9-1-5-11(6-2-9)15-12-7-3-10(14)4-8-12/h1-2,5-6,12H,3-4,7-8H2. The molecule has 0 aliphatic heterocycles. The second-order valence-corrected chi connectivity index (χ2v) is 5.62. The summed E-state index contributed by atoms with van der Waals surface area (Å²) in [7, 11) is 0. The lowest BCUT2D eigenvalue weighted by molar-refractivity contribution is -0.120. The highest BCUT2D eigenvalue weighted by Gasteiger charge is 2.19. The Bertz CT molecular complexity index is 337. The topological polar surface area (TPSA) is 17.1 Å². The first-order valence-electron chi connectivity index (χ1n) is 5.18. The molecule has 0 atom stereocenters. The van der Waals surface area contributed by atoms with Crippen molar-refractivity contribution < 1.29 is 4.79 Å². The van der Waals surface area contributed by atoms with E-state index in [1.54, 1.807) is 0 Å². The fourth-order valence-corrected chi connectivity index (χ4v) is 3.01. The van der Waals surface area contributed by atoms with E-state index >= 15 is 0 Å². The number of ketones is 1. The Hall–Kier alpha value is -0.470. The van der Waals surface area contributed by atoms with Crippen LogP contribution in [0.5, 0.6) is 0 Å². The second-order valence-electron chi connectivity index (χ2n) is 3.81. The summed E-state index contributed by atoms with van der Waals surface area (Å²) < 4.78 is 0. The zero-order chi connectivity index (χ0) is 10.7. The maximum atomic E-state index is 11.1. The van der Waals surface area contributed by atoms with Crippen LogP contribution < -0.4 is 0 Å². The van der Waals surface area contributed by atoms with Gasteiger partial charge >= 0.3 is 0 Å². The van der Waals surface area contributed by atoms with E-state index in [-0.39, 0.29) is 0 Å². The SMILES string of the molecule is O=C1CCC(Sc2ccc(Cl)cc2)CC1. The highest BCUT2D eigenvalue weighted by Crippen LogP contribution is 2.32. The van der Waals surface area contributed by atoms with Crippen molar-refractivity contribution in [3.05, 3.63) is 29.3 Å². The van der Waals surface area contributed by atoms with Crippen molar-refractivity contribution in [2.24, 2.45) is 0 Å². The molecule has 0 unspecified atom stereocenters. The Kier molecular flexibility index (Phi) is 3.71. The lowest BCUT2D eigenvalue weighted by Gasteiger charge is -2.20. The Balaban J connectivity index is 1.91. The monoisotopic (exact) mass is 240 g/mol. The van der Waals surface area contributed by atoms with E-state index in [2.05, 4.69) is 0 Å². The fourth-order valence-electron chi connectivity index (χ4n) is 1.74. The highest BCUT2D eigenvalue weighted by molar-refractivity contribution is 8.00. The van der Waals surface area contributed by atoms with E-state index < -0.39 is 0 Å². The van der Waals surface area contributed by atoms with Crippen LogP contribution in [-0.2, 0) is 4.79 Å². The third-order valence-electron chi connectivity index (χ3n) is 2.61. The normalized spacial score (nSPS) is 18.1. The molecule has 1 aliphatic carbocycles. The van der Waals surface area contributed by atoms with Crippen LogP contribution in [0.15, 0.2) is 29.2 Å². The van der Waals surface area contributed by atoms with Crippen LogP contribution in [0.3, 0.4) is 0 Å². The first-order valence-corrected chi connectivity index (χ1v) is 6.44. The Morgan fingerprint density at radius 2 is 1.73 bits per heavy atom. The predicted molar refractivity (Wildman–Crippen MR) is 64.6 cm³/mol. The number of carbonyl (C=O) groups is 1. The molecule has 0 aromatic heterocycles. The summed E-state index contributed by atoms with van der Waals surface area (Å²) in [4.78, 5) is 12.3. The molecule has 2 rings (SSSR count). The van der Waals surface area contributed by atoms with Crippen LogP contribution in [0, 0.1) is 0 Å². The van der Waals surface area contributed by atoms with Crippen molar-refractivity contribution in [2.45, 2.75) is 35.8 Å². The van der Waals surface area contributed by atoms with E-state index in [9.17, 15) is 4.79 Å². The zero-order valence-electron chi connectivity index (χ0n) is 8.41. The molecule has 0 radical (unpaired) electrons. The van der Waals surface area contributed by atoms with Crippen molar-refractivity contribution in [1.29, 1.82) is 0 Å². The van der Waals surface area contributed by atoms with Crippen molar-refractivity contribution in [1.82, 2.24) is 0 Å². The lowest BCUT2D eigenvalue weighted by Crippen LogP contribution is -2.15. The molecule has 1 nitrogen and oxygen atoms in total. The smallest absolute Gasteiger partial charge is 0.132 e. The number of carbonyl (C=O) groups excluding carboxylic acids is 1. The van der Waals surface area contributed by atoms with Gasteiger partial charge in [0.15, 0.2) is 0 Å². The minimum atomic E-state index is 0.419. The van der Waals surface area contributed by atoms with Crippen LogP contribution in [0.4, 0.5) is 0 Å². The summed E-state index contributed by atoms with van der Waals surface area (Å²) in [6, 6.07) is 7.92. The third kappa shape index (κ3) is 3.25. The minimum absolute atomic E-state index is 0.419. The number of hydrogen-bond donors (Lipinski definition) is 0. The van der Waals surface area contributed by atoms with Gasteiger partial charge in [-0.1, -0.05) is 11.6 Å². The Morgan fingerprint density at radius 3 is 2.33 bits per heavy atom. The highest BCUT2D eigenvalue weighted by atomic mass is 35.5. The molecule has 0 heterocycles. The largest absolute Gasteiger partial charge is 0.300 e. The summed E-state index contributed by atoms with van der Waals surface area (Å²) in [5, 5.41) is 1.38. The molecular formula is C12H13ClOS. The van der Waals surface area contributed by atoms with Gasteiger partial charge in [-0.15, -0.1) is 11.8 Å². The van der Waals surface area contributed by atoms with Gasteiger partial charge in [-0.2, -0.15) is 0 Å². The van der Waals surface area contributed by atoms with E-state index in [0.717, 1.165) is 30.7 Å². The quantitative estimate of drug-likeness (QED) is 0.779. The van der Waals surface area contributed by atoms with Crippen LogP contribution in [0.25, 0.3) is 0 Å². The summed E-state index contributed by atoms with van der Waals surface area (Å²) in [6.07, 6.45) is 3.55. The number of Topliss-reactive ketones (excluding diaryl/α,β-unsaturated/α-hetero) is 1. The fraction of sp³-hybridized carbons (Fsp3) is 0.417. The Morgan fingerprint density at radius 1 is 1.13 bits per heavy atom. The van der Waals surface area contributed by atoms with E-state index in [4.69, 9.17) is 11.6 Å². The van der Waals surface area contributed by atoms with Crippen LogP contribution in [0.1, 0.15) is 25.7 Å². The van der Waals surface area contributed by atoms with Gasteiger partial charge in [-0.3, -0.25) is 4.79 Å². The number of rotatable bonds is 2. The molecule has 0 amide bonds. The molecule has 0 N–H and O–H groups in total. The van der Waals surface area contributed by atoms with Gasteiger partial charge < -0.3 is 0 Å². The van der Waals surface area contributed by atoms with Crippen molar-refractivity contribution in [3.63, 3.8) is 0 Å². The average molecular weight is 241 g/mol. The van der Waals surface area contributed by atoms with E-state index in [0.29, 0.717) is 11.0 Å². The molecule has 1 saturated carbocycles. The molecule has 15 heavy (non-hydrogen) atoms. The second kappa shape index (κ2) is 5.04. The molecule has 1 aromatic rings. The number of hydrogen-bond acceptors (Lipinski definition) is 2. The van der Waals surface area contributed by atoms with Gasteiger partial charge in [0.1, 0.15) is 5.78 Å². The van der Waals surface area contributed by atoms with Gasteiger partial charge in [-0.05, 0) is 37.1 Å². The number of halogens is 1. The number of benzene rings is 1. The molecule has 3 heteroatoms. The van der Waals surface area contributed by atoms with Gasteiger partial charge in [0, 0.05) is 28.0 Å². The molecule has 1 aromatic carbocycles. The predicted octanol–water partition coefficient (Wildman–Crippen LogP) is 3.94. The summed E-state index contributed by atoms with van der Waals surface area (Å²) in [5.74, 6) is 0.419. The van der Waals surface area contributed by atoms with E-state index in [1.807, 2.05) is 36.0 Å². The third-order valence-corrected chi connectivity index (χ3v) is 4.21. The zero-order valence-corrected chi connectivity index (χ0v) is 9.98. The maximum absolute atomic E-state index is 11.1. The maximum Gasteiger partial charge on any atom is 0.132 e. The van der Waals surface area contributed by atoms with Gasteiger partial charge in [-0.25, -0.2) is 0 Å². The van der Waals surface area contributed by atoms with Crippen LogP contribution in [0.2, 0.25) is 5.02 Å². The van der Waals surface area contributed by atoms with Gasteiger partial charge in [0.25, 0.3) is 0 Å².